The summed E-state index contributed by atoms with van der Waals surface area (Å²) in [5.74, 6) is -0.0941. The van der Waals surface area contributed by atoms with Gasteiger partial charge >= 0.3 is 0 Å². The topological polar surface area (TPSA) is 93.6 Å². The summed E-state index contributed by atoms with van der Waals surface area (Å²) in [6, 6.07) is 5.01. The summed E-state index contributed by atoms with van der Waals surface area (Å²) in [6.45, 7) is 0.644. The maximum Gasteiger partial charge on any atom is 0.124 e. The van der Waals surface area contributed by atoms with Crippen LogP contribution in [0.2, 0.25) is 5.02 Å². The Morgan fingerprint density at radius 1 is 1.29 bits per heavy atom. The minimum Gasteiger partial charge on any atom is -0.395 e. The highest BCUT2D eigenvalue weighted by Crippen LogP contribution is 2.23. The van der Waals surface area contributed by atoms with Crippen LogP contribution in [0.5, 0.6) is 0 Å². The highest BCUT2D eigenvalue weighted by Gasteiger charge is 2.12. The van der Waals surface area contributed by atoms with E-state index < -0.39 is 0 Å². The van der Waals surface area contributed by atoms with Crippen molar-refractivity contribution in [2.45, 2.75) is 0 Å². The lowest BCUT2D eigenvalue weighted by Crippen LogP contribution is -2.31. The van der Waals surface area contributed by atoms with E-state index >= 15 is 0 Å². The van der Waals surface area contributed by atoms with Gasteiger partial charge < -0.3 is 20.8 Å². The molecule has 5 N–H and O–H groups in total. The Kier molecular flexibility index (Phi) is 5.21. The average Bonchev–Trinajstić information content (AvgIpc) is 2.28. The van der Waals surface area contributed by atoms with Crippen molar-refractivity contribution in [1.29, 1.82) is 5.41 Å². The van der Waals surface area contributed by atoms with Crippen LogP contribution in [-0.4, -0.2) is 42.4 Å². The lowest BCUT2D eigenvalue weighted by Gasteiger charge is -2.25. The lowest BCUT2D eigenvalue weighted by atomic mass is 10.1. The number of anilines is 1. The quantitative estimate of drug-likeness (QED) is 0.439. The van der Waals surface area contributed by atoms with Gasteiger partial charge in [0.15, 0.2) is 0 Å². The zero-order valence-electron chi connectivity index (χ0n) is 9.36. The second-order valence-electron chi connectivity index (χ2n) is 3.51. The summed E-state index contributed by atoms with van der Waals surface area (Å²) in [4.78, 5) is 1.76. The van der Waals surface area contributed by atoms with Crippen molar-refractivity contribution >= 4 is 23.1 Å². The van der Waals surface area contributed by atoms with E-state index in [0.29, 0.717) is 29.4 Å². The highest BCUT2D eigenvalue weighted by atomic mass is 35.5. The van der Waals surface area contributed by atoms with E-state index in [0.717, 1.165) is 0 Å². The van der Waals surface area contributed by atoms with E-state index in [-0.39, 0.29) is 19.0 Å². The second kappa shape index (κ2) is 6.44. The normalized spacial score (nSPS) is 10.3. The first-order valence-electron chi connectivity index (χ1n) is 5.20. The van der Waals surface area contributed by atoms with Gasteiger partial charge in [0.05, 0.1) is 13.2 Å². The van der Waals surface area contributed by atoms with Crippen LogP contribution < -0.4 is 10.6 Å². The van der Waals surface area contributed by atoms with E-state index in [1.54, 1.807) is 23.1 Å². The molecule has 1 rings (SSSR count). The van der Waals surface area contributed by atoms with E-state index in [9.17, 15) is 0 Å². The van der Waals surface area contributed by atoms with E-state index in [2.05, 4.69) is 0 Å². The van der Waals surface area contributed by atoms with Gasteiger partial charge in [-0.2, -0.15) is 0 Å². The van der Waals surface area contributed by atoms with Crippen LogP contribution in [0.15, 0.2) is 18.2 Å². The predicted molar refractivity (Wildman–Crippen MR) is 68.9 cm³/mol. The van der Waals surface area contributed by atoms with Crippen LogP contribution in [0.4, 0.5) is 5.69 Å². The van der Waals surface area contributed by atoms with Crippen LogP contribution in [0.25, 0.3) is 0 Å². The molecule has 0 bridgehead atoms. The van der Waals surface area contributed by atoms with Gasteiger partial charge in [-0.05, 0) is 18.2 Å². The van der Waals surface area contributed by atoms with E-state index in [1.165, 1.54) is 0 Å². The molecule has 17 heavy (non-hydrogen) atoms. The van der Waals surface area contributed by atoms with Crippen LogP contribution in [0.3, 0.4) is 0 Å². The fourth-order valence-corrected chi connectivity index (χ4v) is 1.77. The first kappa shape index (κ1) is 13.8. The van der Waals surface area contributed by atoms with Crippen LogP contribution >= 0.6 is 11.6 Å². The molecule has 5 nitrogen and oxygen atoms in total. The van der Waals surface area contributed by atoms with Crippen molar-refractivity contribution in [3.63, 3.8) is 0 Å². The highest BCUT2D eigenvalue weighted by molar-refractivity contribution is 6.31. The van der Waals surface area contributed by atoms with Crippen LogP contribution in [-0.2, 0) is 0 Å². The van der Waals surface area contributed by atoms with Gasteiger partial charge in [-0.15, -0.1) is 0 Å². The summed E-state index contributed by atoms with van der Waals surface area (Å²) >= 11 is 5.85. The number of rotatable bonds is 6. The Bertz CT molecular complexity index is 392. The van der Waals surface area contributed by atoms with Gasteiger partial charge in [0, 0.05) is 29.4 Å². The summed E-state index contributed by atoms with van der Waals surface area (Å²) < 4.78 is 0. The van der Waals surface area contributed by atoms with Gasteiger partial charge in [0.2, 0.25) is 0 Å². The molecule has 0 spiro atoms. The number of benzene rings is 1. The number of aliphatic hydroxyl groups excluding tert-OH is 2. The number of nitrogens with one attached hydrogen (secondary N) is 1. The molecule has 0 heterocycles. The molecule has 0 aliphatic heterocycles. The zero-order chi connectivity index (χ0) is 12.8. The zero-order valence-corrected chi connectivity index (χ0v) is 10.1. The SMILES string of the molecule is N=C(N)c1cc(Cl)ccc1N(CCO)CCO. The third-order valence-corrected chi connectivity index (χ3v) is 2.56. The molecule has 0 aromatic heterocycles. The molecule has 0 amide bonds. The molecule has 1 aromatic carbocycles. The third-order valence-electron chi connectivity index (χ3n) is 2.33. The number of amidine groups is 1. The standard InChI is InChI=1S/C11H16ClN3O2/c12-8-1-2-10(9(7-8)11(13)14)15(3-5-16)4-6-17/h1-2,7,16-17H,3-6H2,(H3,13,14). The number of nitrogen functional groups attached to an aromatic ring is 1. The van der Waals surface area contributed by atoms with Gasteiger partial charge in [0.1, 0.15) is 5.84 Å². The molecule has 0 saturated carbocycles. The Hall–Kier alpha value is -1.30. The Balaban J connectivity index is 3.12. The van der Waals surface area contributed by atoms with Crippen molar-refractivity contribution in [2.24, 2.45) is 5.73 Å². The molecular weight excluding hydrogens is 242 g/mol. The minimum atomic E-state index is -0.0941. The van der Waals surface area contributed by atoms with E-state index in [1.807, 2.05) is 0 Å². The number of nitrogens with two attached hydrogens (primary N) is 1. The molecule has 0 aliphatic carbocycles. The first-order chi connectivity index (χ1) is 8.10. The largest absolute Gasteiger partial charge is 0.395 e. The number of hydrogen-bond acceptors (Lipinski definition) is 4. The van der Waals surface area contributed by atoms with Crippen molar-refractivity contribution in [3.05, 3.63) is 28.8 Å². The lowest BCUT2D eigenvalue weighted by molar-refractivity contribution is 0.281. The fraction of sp³-hybridized carbons (Fsp3) is 0.364. The molecule has 6 heteroatoms. The molecular formula is C11H16ClN3O2. The molecule has 1 aromatic rings. The van der Waals surface area contributed by atoms with Gasteiger partial charge in [-0.3, -0.25) is 5.41 Å². The third kappa shape index (κ3) is 3.59. The Morgan fingerprint density at radius 3 is 2.35 bits per heavy atom. The predicted octanol–water partition coefficient (Wildman–Crippen LogP) is 0.415. The second-order valence-corrected chi connectivity index (χ2v) is 3.95. The van der Waals surface area contributed by atoms with Crippen LogP contribution in [0, 0.1) is 5.41 Å². The van der Waals surface area contributed by atoms with Gasteiger partial charge in [0.25, 0.3) is 0 Å². The van der Waals surface area contributed by atoms with Crippen molar-refractivity contribution in [3.8, 4) is 0 Å². The van der Waals surface area contributed by atoms with Gasteiger partial charge in [-0.1, -0.05) is 11.6 Å². The molecule has 0 radical (unpaired) electrons. The molecule has 0 atom stereocenters. The number of aliphatic hydroxyl groups is 2. The molecule has 0 fully saturated rings. The van der Waals surface area contributed by atoms with Crippen LogP contribution in [0.1, 0.15) is 5.56 Å². The summed E-state index contributed by atoms with van der Waals surface area (Å²) in [6.07, 6.45) is 0. The molecule has 94 valence electrons. The van der Waals surface area contributed by atoms with Crippen molar-refractivity contribution in [2.75, 3.05) is 31.2 Å². The first-order valence-corrected chi connectivity index (χ1v) is 5.58. The maximum absolute atomic E-state index is 8.97. The van der Waals surface area contributed by atoms with Gasteiger partial charge in [-0.25, -0.2) is 0 Å². The van der Waals surface area contributed by atoms with Crippen molar-refractivity contribution in [1.82, 2.24) is 0 Å². The number of nitrogens with zero attached hydrogens (tertiary/aromatic N) is 1. The summed E-state index contributed by atoms with van der Waals surface area (Å²) in [5, 5.41) is 25.9. The Morgan fingerprint density at radius 2 is 1.88 bits per heavy atom. The Labute approximate surface area is 105 Å². The monoisotopic (exact) mass is 257 g/mol. The fourth-order valence-electron chi connectivity index (χ4n) is 1.59. The number of halogens is 1. The maximum atomic E-state index is 8.97. The molecule has 0 saturated heterocycles. The summed E-state index contributed by atoms with van der Waals surface area (Å²) in [7, 11) is 0. The minimum absolute atomic E-state index is 0.0417. The summed E-state index contributed by atoms with van der Waals surface area (Å²) in [5.41, 5.74) is 6.67. The number of hydrogen-bond donors (Lipinski definition) is 4. The average molecular weight is 258 g/mol. The smallest absolute Gasteiger partial charge is 0.124 e. The molecule has 0 unspecified atom stereocenters. The van der Waals surface area contributed by atoms with Crippen molar-refractivity contribution < 1.29 is 10.2 Å². The van der Waals surface area contributed by atoms with E-state index in [4.69, 9.17) is 33.0 Å². The molecule has 0 aliphatic rings.